The molecule has 0 radical (unpaired) electrons. The zero-order valence-electron chi connectivity index (χ0n) is 74.8. The molecule has 4 aliphatic rings. The van der Waals surface area contributed by atoms with Crippen molar-refractivity contribution in [3.05, 3.63) is 563 Å². The second-order valence-corrected chi connectivity index (χ2v) is 36.7. The number of rotatable bonds is 9. The molecule has 8 heterocycles. The number of fused-ring (bicyclic) bond motifs is 26. The fourth-order valence-electron chi connectivity index (χ4n) is 24.0. The van der Waals surface area contributed by atoms with Gasteiger partial charge in [0, 0.05) is 65.8 Å². The average molecular weight is 1760 g/mol. The Morgan fingerprint density at radius 2 is 0.420 bits per heavy atom. The maximum atomic E-state index is 15.1. The summed E-state index contributed by atoms with van der Waals surface area (Å²) in [5.74, 6) is 0. The largest absolute Gasteiger partial charge is 0.310 e. The number of pyridine rings is 2. The van der Waals surface area contributed by atoms with Crippen LogP contribution in [0.3, 0.4) is 0 Å². The maximum absolute atomic E-state index is 15.1. The summed E-state index contributed by atoms with van der Waals surface area (Å²) < 4.78 is 8.77. The zero-order valence-corrected chi connectivity index (χ0v) is 74.8. The predicted molar refractivity (Wildman–Crippen MR) is 570 cm³/mol. The highest BCUT2D eigenvalue weighted by Gasteiger charge is 2.54. The standard InChI is InChI=1S/C68H43N3O.C62H39N3O/c72-67-55-25-11-10-23-52(55)54-26-16-28-58-66(54)71(67)63-30-15-13-27-57(63)68(58)59-42-48(45-19-6-2-7-20-45)32-39-64(59)70(65-40-33-49(43-60(65)68)46-21-8-3-9-22-46)51-36-34-50(35-37-51)69-61-29-14-12-24-53(61)56-41-47(31-38-62(56)69)44-17-4-1-5-18-44;66-61-49-25-11-10-23-46(49)48-26-16-28-52-60(48)65(61)57-30-15-13-27-51(57)62(52)53-37-42(40-17-4-1-5-18-40)31-34-58(53)64(59-35-32-43(38-54(59)62)41-19-6-2-7-20-41)45-33-36-56-50(39-45)47-24-12-14-29-55(47)63(56)44-21-8-3-9-22-44/h1-43H;1-39H. The van der Waals surface area contributed by atoms with Crippen LogP contribution in [0.4, 0.5) is 34.1 Å². The molecule has 25 aromatic rings. The van der Waals surface area contributed by atoms with E-state index in [1.807, 2.05) is 45.5 Å². The number of hydrogen-bond acceptors (Lipinski definition) is 4. The molecule has 644 valence electrons. The summed E-state index contributed by atoms with van der Waals surface area (Å²) in [7, 11) is 0. The van der Waals surface area contributed by atoms with E-state index in [0.717, 1.165) is 184 Å². The molecule has 2 spiro atoms. The minimum absolute atomic E-state index is 0.00947. The smallest absolute Gasteiger partial charge is 0.263 e. The number of aromatic nitrogens is 4. The van der Waals surface area contributed by atoms with Crippen molar-refractivity contribution in [2.75, 3.05) is 9.80 Å². The van der Waals surface area contributed by atoms with Crippen molar-refractivity contribution >= 4 is 121 Å². The molecule has 138 heavy (non-hydrogen) atoms. The molecule has 0 N–H and O–H groups in total. The fraction of sp³-hybridized carbons (Fsp3) is 0.0154. The van der Waals surface area contributed by atoms with Gasteiger partial charge in [-0.2, -0.15) is 0 Å². The van der Waals surface area contributed by atoms with E-state index in [9.17, 15) is 0 Å². The Morgan fingerprint density at radius 3 is 0.826 bits per heavy atom. The van der Waals surface area contributed by atoms with Crippen LogP contribution < -0.4 is 20.9 Å². The van der Waals surface area contributed by atoms with E-state index >= 15 is 9.59 Å². The van der Waals surface area contributed by atoms with Crippen LogP contribution in [0.1, 0.15) is 44.5 Å². The van der Waals surface area contributed by atoms with Crippen LogP contribution in [0.25, 0.3) is 165 Å². The second-order valence-electron chi connectivity index (χ2n) is 36.7. The Hall–Kier alpha value is -18.2. The second kappa shape index (κ2) is 30.7. The van der Waals surface area contributed by atoms with Gasteiger partial charge in [0.15, 0.2) is 0 Å². The lowest BCUT2D eigenvalue weighted by atomic mass is 9.60. The van der Waals surface area contributed by atoms with Crippen molar-refractivity contribution in [2.45, 2.75) is 10.8 Å². The van der Waals surface area contributed by atoms with E-state index in [0.29, 0.717) is 10.8 Å². The van der Waals surface area contributed by atoms with Gasteiger partial charge in [-0.1, -0.05) is 346 Å². The Balaban J connectivity index is 0.000000137. The minimum Gasteiger partial charge on any atom is -0.310 e. The molecule has 0 aliphatic carbocycles. The van der Waals surface area contributed by atoms with E-state index in [4.69, 9.17) is 0 Å². The Kier molecular flexibility index (Phi) is 17.4. The van der Waals surface area contributed by atoms with Gasteiger partial charge in [-0.3, -0.25) is 18.7 Å². The Bertz CT molecular complexity index is 9330. The summed E-state index contributed by atoms with van der Waals surface area (Å²) in [6, 6.07) is 179. The predicted octanol–water partition coefficient (Wildman–Crippen LogP) is 31.8. The van der Waals surface area contributed by atoms with Crippen LogP contribution in [-0.4, -0.2) is 18.3 Å². The van der Waals surface area contributed by atoms with Gasteiger partial charge >= 0.3 is 0 Å². The van der Waals surface area contributed by atoms with E-state index in [2.05, 4.69) is 480 Å². The SMILES string of the molecule is O=c1c2ccccc2c2cccc3c2n1-c1ccccc1C31c2cc(-c3ccccc3)ccc2N(c2ccc(-n3c4ccccc4c4cc(-c5ccccc5)ccc43)cc2)c2ccc(-c3ccccc3)cc21.O=c1c2ccccc2c2cccc3c2n1-c1ccccc1C31c2cc(-c3ccccc3)ccc2N(c2ccc3c(c2)c2ccccc2n3-c2ccccc2)c2ccc(-c3ccccc3)cc21. The molecule has 0 atom stereocenters. The molecule has 8 heteroatoms. The minimum atomic E-state index is -0.858. The molecular formula is C130H82N6O2. The Morgan fingerprint density at radius 1 is 0.145 bits per heavy atom. The van der Waals surface area contributed by atoms with Crippen LogP contribution in [0.15, 0.2) is 507 Å². The lowest BCUT2D eigenvalue weighted by molar-refractivity contribution is 0.709. The zero-order chi connectivity index (χ0) is 91.0. The highest BCUT2D eigenvalue weighted by Crippen LogP contribution is 2.65. The lowest BCUT2D eigenvalue weighted by Gasteiger charge is -2.49. The van der Waals surface area contributed by atoms with Gasteiger partial charge in [0.05, 0.1) is 78.1 Å². The summed E-state index contributed by atoms with van der Waals surface area (Å²) in [5.41, 5.74) is 35.6. The molecule has 0 saturated carbocycles. The lowest BCUT2D eigenvalue weighted by Crippen LogP contribution is -2.42. The van der Waals surface area contributed by atoms with Gasteiger partial charge in [0.25, 0.3) is 11.1 Å². The molecule has 21 aromatic carbocycles. The molecule has 0 amide bonds. The number of nitrogens with zero attached hydrogens (tertiary/aromatic N) is 6. The van der Waals surface area contributed by atoms with Crippen molar-refractivity contribution in [3.8, 4) is 78.4 Å². The average Bonchev–Trinajstić information content (AvgIpc) is 0.803. The highest BCUT2D eigenvalue weighted by molar-refractivity contribution is 6.15. The number of anilines is 6. The van der Waals surface area contributed by atoms with Crippen LogP contribution in [0.5, 0.6) is 0 Å². The normalized spacial score (nSPS) is 13.2. The van der Waals surface area contributed by atoms with Crippen LogP contribution in [-0.2, 0) is 10.8 Å². The first-order chi connectivity index (χ1) is 68.3. The summed E-state index contributed by atoms with van der Waals surface area (Å²) in [6.45, 7) is 0. The monoisotopic (exact) mass is 1760 g/mol. The van der Waals surface area contributed by atoms with E-state index in [1.54, 1.807) is 0 Å². The molecule has 4 aromatic heterocycles. The van der Waals surface area contributed by atoms with Gasteiger partial charge in [-0.25, -0.2) is 0 Å². The number of hydrogen-bond donors (Lipinski definition) is 0. The molecule has 0 saturated heterocycles. The maximum Gasteiger partial charge on any atom is 0.263 e. The van der Waals surface area contributed by atoms with Crippen molar-refractivity contribution in [1.29, 1.82) is 0 Å². The van der Waals surface area contributed by atoms with Gasteiger partial charge in [0.2, 0.25) is 0 Å². The molecule has 29 rings (SSSR count). The molecule has 8 nitrogen and oxygen atoms in total. The first-order valence-corrected chi connectivity index (χ1v) is 47.3. The van der Waals surface area contributed by atoms with Crippen molar-refractivity contribution in [2.24, 2.45) is 0 Å². The molecular weight excluding hydrogens is 1680 g/mol. The molecule has 0 unspecified atom stereocenters. The first kappa shape index (κ1) is 78.4. The first-order valence-electron chi connectivity index (χ1n) is 47.3. The summed E-state index contributed by atoms with van der Waals surface area (Å²) in [5, 5.41) is 10.3. The van der Waals surface area contributed by atoms with Crippen molar-refractivity contribution < 1.29 is 0 Å². The Labute approximate surface area is 795 Å². The van der Waals surface area contributed by atoms with E-state index < -0.39 is 10.8 Å². The molecule has 0 fully saturated rings. The third kappa shape index (κ3) is 11.4. The third-order valence-electron chi connectivity index (χ3n) is 29.8. The third-order valence-corrected chi connectivity index (χ3v) is 29.8. The summed E-state index contributed by atoms with van der Waals surface area (Å²) in [4.78, 5) is 35.1. The van der Waals surface area contributed by atoms with Crippen LogP contribution >= 0.6 is 0 Å². The van der Waals surface area contributed by atoms with Crippen molar-refractivity contribution in [3.63, 3.8) is 0 Å². The van der Waals surface area contributed by atoms with E-state index in [-0.39, 0.29) is 11.1 Å². The molecule has 4 aliphatic heterocycles. The van der Waals surface area contributed by atoms with Gasteiger partial charge < -0.3 is 18.9 Å². The summed E-state index contributed by atoms with van der Waals surface area (Å²) >= 11 is 0. The summed E-state index contributed by atoms with van der Waals surface area (Å²) in [6.07, 6.45) is 0. The quantitative estimate of drug-likeness (QED) is 0.135. The van der Waals surface area contributed by atoms with Crippen LogP contribution in [0.2, 0.25) is 0 Å². The van der Waals surface area contributed by atoms with Crippen molar-refractivity contribution in [1.82, 2.24) is 18.3 Å². The molecule has 0 bridgehead atoms. The van der Waals surface area contributed by atoms with Gasteiger partial charge in [-0.05, 0) is 263 Å². The number of benzene rings is 21. The number of para-hydroxylation sites is 7. The fourth-order valence-corrected chi connectivity index (χ4v) is 24.0. The van der Waals surface area contributed by atoms with Gasteiger partial charge in [0.1, 0.15) is 0 Å². The van der Waals surface area contributed by atoms with E-state index in [1.165, 1.54) is 49.2 Å². The highest BCUT2D eigenvalue weighted by atomic mass is 16.1. The topological polar surface area (TPSA) is 60.3 Å². The van der Waals surface area contributed by atoms with Gasteiger partial charge in [-0.15, -0.1) is 0 Å². The van der Waals surface area contributed by atoms with Crippen LogP contribution in [0, 0.1) is 0 Å².